The molecule has 0 aromatic rings. The number of halogens is 2. The smallest absolute Gasteiger partial charge is 0.321 e. The summed E-state index contributed by atoms with van der Waals surface area (Å²) in [5.74, 6) is -1.80. The van der Waals surface area contributed by atoms with Crippen LogP contribution in [0.2, 0.25) is 0 Å². The number of carbonyl (C=O) groups is 2. The summed E-state index contributed by atoms with van der Waals surface area (Å²) in [6.45, 7) is 2.96. The van der Waals surface area contributed by atoms with Crippen LogP contribution in [0.4, 0.5) is 0 Å². The quantitative estimate of drug-likeness (QED) is 0.740. The molecule has 72 valence electrons. The Labute approximate surface area is 83.7 Å². The summed E-state index contributed by atoms with van der Waals surface area (Å²) in [7, 11) is 0. The normalized spacial score (nSPS) is 13.7. The summed E-state index contributed by atoms with van der Waals surface area (Å²) in [6.07, 6.45) is 0. The van der Waals surface area contributed by atoms with E-state index >= 15 is 0 Å². The molecule has 0 rings (SSSR count). The van der Waals surface area contributed by atoms with E-state index in [1.54, 1.807) is 6.92 Å². The standard InChI is InChI=1S/C3H5BrO2.C3H5ClO2/c2*1-2(4)3(5)6/h2*2H,1H3,(H,5,6). The summed E-state index contributed by atoms with van der Waals surface area (Å²) in [6, 6.07) is 0. The Kier molecular flexibility index (Phi) is 8.74. The Hall–Kier alpha value is -0.290. The summed E-state index contributed by atoms with van der Waals surface area (Å²) in [4.78, 5) is 18.8. The molecule has 0 spiro atoms. The van der Waals surface area contributed by atoms with Gasteiger partial charge in [-0.05, 0) is 13.8 Å². The predicted molar refractivity (Wildman–Crippen MR) is 49.0 cm³/mol. The first-order valence-electron chi connectivity index (χ1n) is 3.02. The van der Waals surface area contributed by atoms with E-state index < -0.39 is 22.1 Å². The highest BCUT2D eigenvalue weighted by Gasteiger charge is 2.02. The minimum atomic E-state index is -0.975. The van der Waals surface area contributed by atoms with E-state index in [-0.39, 0.29) is 0 Å². The second-order valence-electron chi connectivity index (χ2n) is 1.91. The number of carboxylic acid groups (broad SMARTS) is 2. The van der Waals surface area contributed by atoms with Gasteiger partial charge in [0.1, 0.15) is 10.2 Å². The van der Waals surface area contributed by atoms with Gasteiger partial charge in [0.15, 0.2) is 0 Å². The fraction of sp³-hybridized carbons (Fsp3) is 0.667. The number of rotatable bonds is 2. The molecule has 2 N–H and O–H groups in total. The lowest BCUT2D eigenvalue weighted by atomic mass is 10.5. The van der Waals surface area contributed by atoms with Gasteiger partial charge in [-0.15, -0.1) is 11.6 Å². The first-order chi connectivity index (χ1) is 5.29. The van der Waals surface area contributed by atoms with Gasteiger partial charge in [0.05, 0.1) is 0 Å². The van der Waals surface area contributed by atoms with Crippen molar-refractivity contribution in [2.75, 3.05) is 0 Å². The fourth-order valence-corrected chi connectivity index (χ4v) is 0. The minimum absolute atomic E-state index is 0.419. The lowest BCUT2D eigenvalue weighted by molar-refractivity contribution is -0.137. The molecule has 4 nitrogen and oxygen atoms in total. The van der Waals surface area contributed by atoms with Crippen molar-refractivity contribution >= 4 is 39.5 Å². The molecule has 2 unspecified atom stereocenters. The van der Waals surface area contributed by atoms with Crippen molar-refractivity contribution in [2.45, 2.75) is 24.1 Å². The molecule has 2 atom stereocenters. The van der Waals surface area contributed by atoms with Gasteiger partial charge < -0.3 is 10.2 Å². The van der Waals surface area contributed by atoms with Gasteiger partial charge in [0.25, 0.3) is 0 Å². The molecular formula is C6H10BrClO4. The van der Waals surface area contributed by atoms with Crippen LogP contribution in [-0.4, -0.2) is 32.4 Å². The van der Waals surface area contributed by atoms with Gasteiger partial charge >= 0.3 is 11.9 Å². The lowest BCUT2D eigenvalue weighted by Gasteiger charge is -1.87. The fourth-order valence-electron chi connectivity index (χ4n) is 0. The Morgan fingerprint density at radius 3 is 1.42 bits per heavy atom. The third kappa shape index (κ3) is 12.4. The summed E-state index contributed by atoms with van der Waals surface area (Å²) in [5.41, 5.74) is 0. The van der Waals surface area contributed by atoms with E-state index in [0.717, 1.165) is 0 Å². The maximum absolute atomic E-state index is 9.65. The molecule has 0 amide bonds. The maximum Gasteiger partial charge on any atom is 0.321 e. The Morgan fingerprint density at radius 1 is 1.25 bits per heavy atom. The average Bonchev–Trinajstić information content (AvgIpc) is 1.88. The SMILES string of the molecule is CC(Br)C(=O)O.CC(Cl)C(=O)O. The second kappa shape index (κ2) is 7.36. The first kappa shape index (κ1) is 14.2. The molecule has 6 heteroatoms. The van der Waals surface area contributed by atoms with Crippen LogP contribution in [-0.2, 0) is 9.59 Å². The van der Waals surface area contributed by atoms with E-state index in [1.165, 1.54) is 6.92 Å². The molecule has 12 heavy (non-hydrogen) atoms. The van der Waals surface area contributed by atoms with Crippen LogP contribution in [0.1, 0.15) is 13.8 Å². The maximum atomic E-state index is 9.65. The van der Waals surface area contributed by atoms with Crippen molar-refractivity contribution in [2.24, 2.45) is 0 Å². The van der Waals surface area contributed by atoms with Gasteiger partial charge in [-0.1, -0.05) is 15.9 Å². The molecule has 0 aliphatic rings. The van der Waals surface area contributed by atoms with Gasteiger partial charge in [0, 0.05) is 0 Å². The molecule has 0 saturated carbocycles. The summed E-state index contributed by atoms with van der Waals surface area (Å²) >= 11 is 7.85. The molecule has 0 aliphatic carbocycles. The molecule has 0 aromatic carbocycles. The van der Waals surface area contributed by atoms with Crippen LogP contribution in [0, 0.1) is 0 Å². The van der Waals surface area contributed by atoms with Crippen molar-refractivity contribution in [1.29, 1.82) is 0 Å². The monoisotopic (exact) mass is 260 g/mol. The average molecular weight is 261 g/mol. The molecule has 0 heterocycles. The van der Waals surface area contributed by atoms with Crippen LogP contribution < -0.4 is 0 Å². The Bertz CT molecular complexity index is 140. The number of hydrogen-bond donors (Lipinski definition) is 2. The molecule has 0 aliphatic heterocycles. The highest BCUT2D eigenvalue weighted by molar-refractivity contribution is 9.10. The van der Waals surface area contributed by atoms with Crippen molar-refractivity contribution < 1.29 is 19.8 Å². The second-order valence-corrected chi connectivity index (χ2v) is 3.94. The van der Waals surface area contributed by atoms with Gasteiger partial charge in [-0.2, -0.15) is 0 Å². The number of carboxylic acids is 2. The largest absolute Gasteiger partial charge is 0.480 e. The van der Waals surface area contributed by atoms with Crippen LogP contribution in [0.3, 0.4) is 0 Å². The number of alkyl halides is 2. The van der Waals surface area contributed by atoms with Crippen molar-refractivity contribution in [3.05, 3.63) is 0 Å². The first-order valence-corrected chi connectivity index (χ1v) is 4.38. The zero-order valence-electron chi connectivity index (χ0n) is 6.62. The van der Waals surface area contributed by atoms with Crippen LogP contribution in [0.25, 0.3) is 0 Å². The zero-order valence-corrected chi connectivity index (χ0v) is 8.96. The highest BCUT2D eigenvalue weighted by atomic mass is 79.9. The minimum Gasteiger partial charge on any atom is -0.480 e. The summed E-state index contributed by atoms with van der Waals surface area (Å²) < 4.78 is 0. The molecular weight excluding hydrogens is 251 g/mol. The number of aliphatic carboxylic acids is 2. The molecule has 0 bridgehead atoms. The van der Waals surface area contributed by atoms with Gasteiger partial charge in [-0.25, -0.2) is 0 Å². The van der Waals surface area contributed by atoms with Crippen LogP contribution >= 0.6 is 27.5 Å². The highest BCUT2D eigenvalue weighted by Crippen LogP contribution is 1.93. The lowest BCUT2D eigenvalue weighted by Crippen LogP contribution is -2.06. The molecule has 0 radical (unpaired) electrons. The predicted octanol–water partition coefficient (Wildman–Crippen LogP) is 1.55. The Morgan fingerprint density at radius 2 is 1.42 bits per heavy atom. The molecule has 0 saturated heterocycles. The van der Waals surface area contributed by atoms with Crippen LogP contribution in [0.5, 0.6) is 0 Å². The van der Waals surface area contributed by atoms with Crippen molar-refractivity contribution in [1.82, 2.24) is 0 Å². The zero-order chi connectivity index (χ0) is 10.3. The molecule has 0 fully saturated rings. The van der Waals surface area contributed by atoms with Crippen LogP contribution in [0.15, 0.2) is 0 Å². The summed E-state index contributed by atoms with van der Waals surface area (Å²) in [5, 5.41) is 15.0. The van der Waals surface area contributed by atoms with E-state index in [2.05, 4.69) is 15.9 Å². The third-order valence-electron chi connectivity index (χ3n) is 0.681. The molecule has 0 aromatic heterocycles. The van der Waals surface area contributed by atoms with Gasteiger partial charge in [0.2, 0.25) is 0 Å². The van der Waals surface area contributed by atoms with E-state index in [0.29, 0.717) is 0 Å². The van der Waals surface area contributed by atoms with Crippen molar-refractivity contribution in [3.8, 4) is 0 Å². The van der Waals surface area contributed by atoms with E-state index in [1.807, 2.05) is 0 Å². The van der Waals surface area contributed by atoms with Crippen molar-refractivity contribution in [3.63, 3.8) is 0 Å². The van der Waals surface area contributed by atoms with E-state index in [4.69, 9.17) is 21.8 Å². The number of hydrogen-bond acceptors (Lipinski definition) is 2. The third-order valence-corrected chi connectivity index (χ3v) is 1.26. The van der Waals surface area contributed by atoms with E-state index in [9.17, 15) is 9.59 Å². The topological polar surface area (TPSA) is 74.6 Å². The van der Waals surface area contributed by atoms with Gasteiger partial charge in [-0.3, -0.25) is 9.59 Å². The Balaban J connectivity index is 0.